The number of aromatic nitrogens is 3. The maximum absolute atomic E-state index is 13.0. The third kappa shape index (κ3) is 3.39. The Labute approximate surface area is 201 Å². The van der Waals surface area contributed by atoms with Crippen molar-refractivity contribution in [3.63, 3.8) is 0 Å². The van der Waals surface area contributed by atoms with Crippen LogP contribution in [0.2, 0.25) is 0 Å². The molecule has 0 N–H and O–H groups in total. The fraction of sp³-hybridized carbons (Fsp3) is 0.222. The Hall–Kier alpha value is -3.58. The molecular formula is C27H24N4O2S. The fourth-order valence-corrected chi connectivity index (χ4v) is 5.64. The van der Waals surface area contributed by atoms with E-state index in [2.05, 4.69) is 45.5 Å². The van der Waals surface area contributed by atoms with Crippen LogP contribution in [0.4, 0.5) is 5.69 Å². The number of anilines is 1. The van der Waals surface area contributed by atoms with Gasteiger partial charge in [-0.1, -0.05) is 29.4 Å². The third-order valence-corrected chi connectivity index (χ3v) is 7.22. The van der Waals surface area contributed by atoms with Crippen molar-refractivity contribution in [2.75, 3.05) is 10.7 Å². The van der Waals surface area contributed by atoms with Crippen LogP contribution in [-0.2, 0) is 4.79 Å². The molecule has 2 aliphatic rings. The van der Waals surface area contributed by atoms with Crippen LogP contribution in [0.15, 0.2) is 70.6 Å². The molecule has 0 bridgehead atoms. The summed E-state index contributed by atoms with van der Waals surface area (Å²) in [6, 6.07) is 16.1. The number of nitrogens with zero attached hydrogens (tertiary/aromatic N) is 4. The lowest BCUT2D eigenvalue weighted by molar-refractivity contribution is -0.117. The van der Waals surface area contributed by atoms with Gasteiger partial charge in [-0.25, -0.2) is 4.98 Å². The zero-order valence-electron chi connectivity index (χ0n) is 19.1. The summed E-state index contributed by atoms with van der Waals surface area (Å²) in [5.74, 6) is 2.73. The molecule has 1 unspecified atom stereocenters. The highest BCUT2D eigenvalue weighted by Crippen LogP contribution is 2.40. The molecule has 2 aliphatic heterocycles. The minimum atomic E-state index is -0.131. The van der Waals surface area contributed by atoms with Crippen molar-refractivity contribution < 1.29 is 9.32 Å². The summed E-state index contributed by atoms with van der Waals surface area (Å²) in [4.78, 5) is 20.0. The number of fused-ring (bicyclic) bond motifs is 1. The Bertz CT molecular complexity index is 1450. The van der Waals surface area contributed by atoms with E-state index >= 15 is 0 Å². The first-order valence-corrected chi connectivity index (χ1v) is 12.5. The highest BCUT2D eigenvalue weighted by molar-refractivity contribution is 8.02. The van der Waals surface area contributed by atoms with Crippen LogP contribution in [-0.4, -0.2) is 26.4 Å². The lowest BCUT2D eigenvalue weighted by Gasteiger charge is -2.26. The van der Waals surface area contributed by atoms with Gasteiger partial charge in [0.05, 0.1) is 22.8 Å². The molecule has 1 fully saturated rings. The van der Waals surface area contributed by atoms with Crippen molar-refractivity contribution in [3.05, 3.63) is 83.4 Å². The summed E-state index contributed by atoms with van der Waals surface area (Å²) in [5, 5.41) is 6.24. The normalized spacial score (nSPS) is 18.2. The average molecular weight is 469 g/mol. The van der Waals surface area contributed by atoms with Gasteiger partial charge in [0.2, 0.25) is 5.91 Å². The van der Waals surface area contributed by atoms with Crippen molar-refractivity contribution in [3.8, 4) is 11.1 Å². The van der Waals surface area contributed by atoms with E-state index in [1.165, 1.54) is 0 Å². The Morgan fingerprint density at radius 2 is 1.97 bits per heavy atom. The summed E-state index contributed by atoms with van der Waals surface area (Å²) in [7, 11) is 0. The van der Waals surface area contributed by atoms with E-state index in [4.69, 9.17) is 9.51 Å². The van der Waals surface area contributed by atoms with E-state index in [-0.39, 0.29) is 11.9 Å². The zero-order chi connectivity index (χ0) is 23.2. The highest BCUT2D eigenvalue weighted by Gasteiger charge is 2.37. The molecule has 170 valence electrons. The number of amides is 1. The Balaban J connectivity index is 1.55. The molecule has 0 spiro atoms. The SMILES string of the molecule is Cc1noc(C)c1-c1ccc2c(c1)nc(C1CCC(=O)N1c1ccccc1)n2C1=CCSC=C1. The van der Waals surface area contributed by atoms with Gasteiger partial charge in [-0.3, -0.25) is 9.36 Å². The molecule has 34 heavy (non-hydrogen) atoms. The average Bonchev–Trinajstić information content (AvgIpc) is 3.53. The molecular weight excluding hydrogens is 444 g/mol. The first-order chi connectivity index (χ1) is 16.6. The molecule has 1 saturated heterocycles. The van der Waals surface area contributed by atoms with E-state index < -0.39 is 0 Å². The van der Waals surface area contributed by atoms with Gasteiger partial charge in [-0.2, -0.15) is 0 Å². The molecule has 4 heterocycles. The topological polar surface area (TPSA) is 64.2 Å². The smallest absolute Gasteiger partial charge is 0.227 e. The van der Waals surface area contributed by atoms with E-state index in [0.717, 1.165) is 63.0 Å². The minimum Gasteiger partial charge on any atom is -0.361 e. The summed E-state index contributed by atoms with van der Waals surface area (Å²) in [5.41, 5.74) is 6.83. The number of carbonyl (C=O) groups excluding carboxylic acids is 1. The van der Waals surface area contributed by atoms with Gasteiger partial charge in [0.15, 0.2) is 0 Å². The summed E-state index contributed by atoms with van der Waals surface area (Å²) in [6.07, 6.45) is 5.60. The number of carbonyl (C=O) groups is 1. The van der Waals surface area contributed by atoms with Crippen molar-refractivity contribution >= 4 is 40.1 Å². The lowest BCUT2D eigenvalue weighted by Crippen LogP contribution is -2.29. The van der Waals surface area contributed by atoms with Crippen LogP contribution < -0.4 is 4.90 Å². The number of hydrogen-bond acceptors (Lipinski definition) is 5. The summed E-state index contributed by atoms with van der Waals surface area (Å²) < 4.78 is 7.63. The number of rotatable bonds is 4. The molecule has 1 amide bonds. The second-order valence-electron chi connectivity index (χ2n) is 8.63. The second kappa shape index (κ2) is 8.33. The van der Waals surface area contributed by atoms with Gasteiger partial charge in [0, 0.05) is 29.1 Å². The van der Waals surface area contributed by atoms with Crippen molar-refractivity contribution in [2.45, 2.75) is 32.7 Å². The molecule has 0 radical (unpaired) electrons. The Morgan fingerprint density at radius 1 is 1.12 bits per heavy atom. The first-order valence-electron chi connectivity index (χ1n) is 11.4. The molecule has 2 aromatic carbocycles. The van der Waals surface area contributed by atoms with Crippen LogP contribution in [0, 0.1) is 13.8 Å². The van der Waals surface area contributed by atoms with Gasteiger partial charge in [0.1, 0.15) is 11.6 Å². The van der Waals surface area contributed by atoms with Crippen molar-refractivity contribution in [1.82, 2.24) is 14.7 Å². The van der Waals surface area contributed by atoms with E-state index in [0.29, 0.717) is 6.42 Å². The zero-order valence-corrected chi connectivity index (χ0v) is 19.9. The number of hydrogen-bond donors (Lipinski definition) is 0. The first kappa shape index (κ1) is 21.0. The molecule has 4 aromatic rings. The van der Waals surface area contributed by atoms with E-state index in [9.17, 15) is 4.79 Å². The highest BCUT2D eigenvalue weighted by atomic mass is 32.2. The number of para-hydroxylation sites is 1. The van der Waals surface area contributed by atoms with E-state index in [1.807, 2.05) is 49.1 Å². The maximum atomic E-state index is 13.0. The third-order valence-electron chi connectivity index (χ3n) is 6.53. The van der Waals surface area contributed by atoms with Gasteiger partial charge < -0.3 is 9.42 Å². The number of allylic oxidation sites excluding steroid dienone is 2. The van der Waals surface area contributed by atoms with Gasteiger partial charge in [-0.15, -0.1) is 11.8 Å². The van der Waals surface area contributed by atoms with Crippen LogP contribution in [0.5, 0.6) is 0 Å². The largest absolute Gasteiger partial charge is 0.361 e. The van der Waals surface area contributed by atoms with Crippen LogP contribution in [0.3, 0.4) is 0 Å². The number of thioether (sulfide) groups is 1. The molecule has 0 saturated carbocycles. The molecule has 6 nitrogen and oxygen atoms in total. The van der Waals surface area contributed by atoms with Crippen LogP contribution in [0.25, 0.3) is 27.9 Å². The summed E-state index contributed by atoms with van der Waals surface area (Å²) in [6.45, 7) is 3.89. The van der Waals surface area contributed by atoms with E-state index in [1.54, 1.807) is 11.8 Å². The molecule has 1 atom stereocenters. The maximum Gasteiger partial charge on any atom is 0.227 e. The van der Waals surface area contributed by atoms with Gasteiger partial charge in [-0.05, 0) is 67.7 Å². The summed E-state index contributed by atoms with van der Waals surface area (Å²) >= 11 is 1.77. The van der Waals surface area contributed by atoms with Crippen molar-refractivity contribution in [1.29, 1.82) is 0 Å². The van der Waals surface area contributed by atoms with Gasteiger partial charge >= 0.3 is 0 Å². The second-order valence-corrected chi connectivity index (χ2v) is 9.57. The number of imidazole rings is 1. The standard InChI is InChI=1S/C27H24N4O2S/c1-17-26(18(2)33-29-17)19-8-9-23-22(16-19)28-27(31(23)21-12-14-34-15-13-21)24-10-11-25(32)30(24)20-6-4-3-5-7-20/h3-9,12-14,16,24H,10-11,15H2,1-2H3. The molecule has 7 heteroatoms. The molecule has 0 aliphatic carbocycles. The molecule has 2 aromatic heterocycles. The van der Waals surface area contributed by atoms with Gasteiger partial charge in [0.25, 0.3) is 0 Å². The predicted octanol–water partition coefficient (Wildman–Crippen LogP) is 6.28. The number of aryl methyl sites for hydroxylation is 2. The monoisotopic (exact) mass is 468 g/mol. The predicted molar refractivity (Wildman–Crippen MR) is 136 cm³/mol. The Kier molecular flexibility index (Phi) is 5.14. The Morgan fingerprint density at radius 3 is 2.71 bits per heavy atom. The van der Waals surface area contributed by atoms with Crippen molar-refractivity contribution in [2.24, 2.45) is 0 Å². The van der Waals surface area contributed by atoms with Crippen LogP contribution in [0.1, 0.15) is 36.2 Å². The quantitative estimate of drug-likeness (QED) is 0.353. The number of benzene rings is 2. The molecule has 6 rings (SSSR count). The lowest BCUT2D eigenvalue weighted by atomic mass is 10.0. The minimum absolute atomic E-state index is 0.131. The van der Waals surface area contributed by atoms with Crippen LogP contribution >= 0.6 is 11.8 Å². The fourth-order valence-electron chi connectivity index (χ4n) is 5.03.